The van der Waals surface area contributed by atoms with E-state index in [1.165, 1.54) is 0 Å². The average Bonchev–Trinajstić information content (AvgIpc) is 3.65. The molecule has 2 aromatic rings. The molecule has 1 aromatic heterocycles. The maximum atomic E-state index is 14.1. The van der Waals surface area contributed by atoms with Crippen LogP contribution in [-0.4, -0.2) is 52.5 Å². The van der Waals surface area contributed by atoms with Gasteiger partial charge in [0.1, 0.15) is 11.5 Å². The fourth-order valence-electron chi connectivity index (χ4n) is 4.29. The third-order valence-corrected chi connectivity index (χ3v) is 6.46. The standard InChI is InChI=1S/C26H25F4N5O5/c1-12-8-14(23(38)32-12)9-19(21(36)25(40)33-16-3-4-16)35-24(39)17-11-15(27)2-5-18(17)34-22(37)13-6-7-31-20(10-13)26(28,29)30/h2,5-7,10-12,14,16,19H,3-4,8-9H2,1H3,(H,32,38)(H,33,40)(H,34,37)(H,35,39)/t12-,14+,19?/m1/s1. The molecule has 1 unspecified atom stereocenters. The molecule has 0 spiro atoms. The van der Waals surface area contributed by atoms with E-state index in [9.17, 15) is 41.5 Å². The lowest BCUT2D eigenvalue weighted by atomic mass is 9.93. The number of pyridine rings is 1. The van der Waals surface area contributed by atoms with Crippen molar-refractivity contribution in [1.82, 2.24) is 20.9 Å². The molecular formula is C26H25F4N5O5. The SMILES string of the molecule is C[C@@H]1C[C@@H](CC(NC(=O)c2cc(F)ccc2NC(=O)c2ccnc(C(F)(F)F)c2)C(=O)C(=O)NC2CC2)C(=O)N1. The minimum Gasteiger partial charge on any atom is -0.353 e. The van der Waals surface area contributed by atoms with Crippen LogP contribution >= 0.6 is 0 Å². The van der Waals surface area contributed by atoms with E-state index in [0.717, 1.165) is 30.5 Å². The molecule has 0 radical (unpaired) electrons. The molecule has 4 N–H and O–H groups in total. The molecule has 2 fully saturated rings. The summed E-state index contributed by atoms with van der Waals surface area (Å²) in [5.41, 5.74) is -2.46. The Hall–Kier alpha value is -4.36. The third-order valence-electron chi connectivity index (χ3n) is 6.46. The second-order valence-electron chi connectivity index (χ2n) is 9.79. The number of hydrogen-bond acceptors (Lipinski definition) is 6. The monoisotopic (exact) mass is 563 g/mol. The number of nitrogens with one attached hydrogen (secondary N) is 4. The maximum Gasteiger partial charge on any atom is 0.433 e. The molecule has 4 rings (SSSR count). The van der Waals surface area contributed by atoms with Crippen molar-refractivity contribution >= 4 is 35.1 Å². The van der Waals surface area contributed by atoms with E-state index in [-0.39, 0.29) is 30.1 Å². The van der Waals surface area contributed by atoms with E-state index >= 15 is 0 Å². The van der Waals surface area contributed by atoms with Crippen LogP contribution in [0.2, 0.25) is 0 Å². The largest absolute Gasteiger partial charge is 0.433 e. The van der Waals surface area contributed by atoms with Crippen molar-refractivity contribution in [3.05, 3.63) is 59.2 Å². The van der Waals surface area contributed by atoms with Crippen LogP contribution < -0.4 is 21.3 Å². The van der Waals surface area contributed by atoms with E-state index < -0.39 is 64.3 Å². The molecule has 0 bridgehead atoms. The third kappa shape index (κ3) is 6.98. The van der Waals surface area contributed by atoms with Crippen LogP contribution in [0.25, 0.3) is 0 Å². The number of nitrogens with zero attached hydrogens (tertiary/aromatic N) is 1. The number of amides is 4. The Balaban J connectivity index is 1.56. The lowest BCUT2D eigenvalue weighted by Crippen LogP contribution is -2.49. The molecule has 1 aliphatic heterocycles. The Bertz CT molecular complexity index is 1360. The summed E-state index contributed by atoms with van der Waals surface area (Å²) in [6.45, 7) is 1.76. The second kappa shape index (κ2) is 11.4. The molecule has 10 nitrogen and oxygen atoms in total. The van der Waals surface area contributed by atoms with E-state index in [0.29, 0.717) is 25.3 Å². The predicted octanol–water partition coefficient (Wildman–Crippen LogP) is 2.35. The number of alkyl halides is 3. The van der Waals surface area contributed by atoms with Crippen LogP contribution in [0.3, 0.4) is 0 Å². The molecule has 1 aliphatic carbocycles. The lowest BCUT2D eigenvalue weighted by Gasteiger charge is -2.21. The quantitative estimate of drug-likeness (QED) is 0.272. The van der Waals surface area contributed by atoms with Crippen molar-refractivity contribution in [3.63, 3.8) is 0 Å². The zero-order valence-electron chi connectivity index (χ0n) is 21.1. The van der Waals surface area contributed by atoms with Gasteiger partial charge >= 0.3 is 6.18 Å². The first-order valence-corrected chi connectivity index (χ1v) is 12.4. The van der Waals surface area contributed by atoms with Crippen molar-refractivity contribution in [2.45, 2.75) is 56.9 Å². The number of carbonyl (C=O) groups excluding carboxylic acids is 5. The van der Waals surface area contributed by atoms with Crippen LogP contribution in [0.15, 0.2) is 36.5 Å². The summed E-state index contributed by atoms with van der Waals surface area (Å²) in [7, 11) is 0. The number of aromatic nitrogens is 1. The molecule has 1 saturated carbocycles. The first-order valence-electron chi connectivity index (χ1n) is 12.4. The number of Topliss-reactive ketones (excluding diaryl/α,β-unsaturated/α-hetero) is 1. The zero-order chi connectivity index (χ0) is 29.2. The van der Waals surface area contributed by atoms with Gasteiger partial charge in [-0.3, -0.25) is 29.0 Å². The van der Waals surface area contributed by atoms with Crippen molar-refractivity contribution in [2.24, 2.45) is 5.92 Å². The van der Waals surface area contributed by atoms with Crippen LogP contribution in [0.4, 0.5) is 23.2 Å². The fraction of sp³-hybridized carbons (Fsp3) is 0.385. The summed E-state index contributed by atoms with van der Waals surface area (Å²) in [5.74, 6) is -5.94. The second-order valence-corrected chi connectivity index (χ2v) is 9.79. The van der Waals surface area contributed by atoms with Gasteiger partial charge < -0.3 is 21.3 Å². The van der Waals surface area contributed by atoms with Gasteiger partial charge in [0, 0.05) is 29.8 Å². The molecule has 212 valence electrons. The Morgan fingerprint density at radius 2 is 1.82 bits per heavy atom. The van der Waals surface area contributed by atoms with Crippen molar-refractivity contribution in [2.75, 3.05) is 5.32 Å². The first-order chi connectivity index (χ1) is 18.8. The molecule has 14 heteroatoms. The van der Waals surface area contributed by atoms with Gasteiger partial charge in [-0.15, -0.1) is 0 Å². The molecule has 1 saturated heterocycles. The summed E-state index contributed by atoms with van der Waals surface area (Å²) in [5, 5.41) is 9.87. The van der Waals surface area contributed by atoms with Crippen molar-refractivity contribution in [3.8, 4) is 0 Å². The van der Waals surface area contributed by atoms with E-state index in [4.69, 9.17) is 0 Å². The highest BCUT2D eigenvalue weighted by molar-refractivity contribution is 6.38. The van der Waals surface area contributed by atoms with Crippen LogP contribution in [0.1, 0.15) is 59.0 Å². The van der Waals surface area contributed by atoms with E-state index in [1.807, 2.05) is 0 Å². The van der Waals surface area contributed by atoms with Gasteiger partial charge in [-0.2, -0.15) is 13.2 Å². The lowest BCUT2D eigenvalue weighted by molar-refractivity contribution is -0.141. The smallest absolute Gasteiger partial charge is 0.353 e. The number of anilines is 1. The number of carbonyl (C=O) groups is 5. The van der Waals surface area contributed by atoms with Crippen LogP contribution in [0.5, 0.6) is 0 Å². The molecular weight excluding hydrogens is 538 g/mol. The molecule has 1 aromatic carbocycles. The molecule has 2 aliphatic rings. The Kier molecular flexibility index (Phi) is 8.16. The van der Waals surface area contributed by atoms with Crippen LogP contribution in [-0.2, 0) is 20.6 Å². The van der Waals surface area contributed by atoms with E-state index in [1.54, 1.807) is 6.92 Å². The van der Waals surface area contributed by atoms with E-state index in [2.05, 4.69) is 26.3 Å². The normalized spacial score (nSPS) is 19.4. The highest BCUT2D eigenvalue weighted by Gasteiger charge is 2.38. The fourth-order valence-corrected chi connectivity index (χ4v) is 4.29. The Morgan fingerprint density at radius 3 is 2.45 bits per heavy atom. The maximum absolute atomic E-state index is 14.1. The predicted molar refractivity (Wildman–Crippen MR) is 131 cm³/mol. The highest BCUT2D eigenvalue weighted by atomic mass is 19.4. The molecule has 40 heavy (non-hydrogen) atoms. The molecule has 4 amide bonds. The number of halogens is 4. The van der Waals surface area contributed by atoms with Gasteiger partial charge in [-0.1, -0.05) is 0 Å². The molecule has 3 atom stereocenters. The minimum absolute atomic E-state index is 0.154. The summed E-state index contributed by atoms with van der Waals surface area (Å²) in [6.07, 6.45) is -2.46. The van der Waals surface area contributed by atoms with Gasteiger partial charge in [0.15, 0.2) is 0 Å². The first kappa shape index (κ1) is 28.6. The van der Waals surface area contributed by atoms with Crippen LogP contribution in [0, 0.1) is 11.7 Å². The Morgan fingerprint density at radius 1 is 1.10 bits per heavy atom. The Labute approximate surface area is 225 Å². The summed E-state index contributed by atoms with van der Waals surface area (Å²) in [4.78, 5) is 66.9. The summed E-state index contributed by atoms with van der Waals surface area (Å²) < 4.78 is 53.2. The molecule has 2 heterocycles. The summed E-state index contributed by atoms with van der Waals surface area (Å²) in [6, 6.07) is 2.45. The van der Waals surface area contributed by atoms with Crippen molar-refractivity contribution in [1.29, 1.82) is 0 Å². The minimum atomic E-state index is -4.81. The highest BCUT2D eigenvalue weighted by Crippen LogP contribution is 2.28. The summed E-state index contributed by atoms with van der Waals surface area (Å²) >= 11 is 0. The number of ketones is 1. The number of hydrogen-bond donors (Lipinski definition) is 4. The van der Waals surface area contributed by atoms with Gasteiger partial charge in [0.2, 0.25) is 11.7 Å². The number of rotatable bonds is 9. The van der Waals surface area contributed by atoms with Gasteiger partial charge in [-0.25, -0.2) is 4.39 Å². The topological polar surface area (TPSA) is 146 Å². The zero-order valence-corrected chi connectivity index (χ0v) is 21.1. The van der Waals surface area contributed by atoms with Gasteiger partial charge in [0.25, 0.3) is 17.7 Å². The number of benzene rings is 1. The van der Waals surface area contributed by atoms with Crippen molar-refractivity contribution < 1.29 is 41.5 Å². The average molecular weight is 564 g/mol. The van der Waals surface area contributed by atoms with Gasteiger partial charge in [-0.05, 0) is 62.9 Å². The van der Waals surface area contributed by atoms with Gasteiger partial charge in [0.05, 0.1) is 17.3 Å².